The van der Waals surface area contributed by atoms with Crippen LogP contribution in [0.25, 0.3) is 0 Å². The largest absolute Gasteiger partial charge is 0.493 e. The van der Waals surface area contributed by atoms with E-state index < -0.39 is 0 Å². The highest BCUT2D eigenvalue weighted by molar-refractivity contribution is 7.09. The lowest BCUT2D eigenvalue weighted by molar-refractivity contribution is 0.356. The monoisotopic (exact) mass is 287 g/mol. The van der Waals surface area contributed by atoms with Gasteiger partial charge in [0.25, 0.3) is 0 Å². The van der Waals surface area contributed by atoms with E-state index in [9.17, 15) is 0 Å². The average molecular weight is 287 g/mol. The van der Waals surface area contributed by atoms with Gasteiger partial charge in [-0.15, -0.1) is 11.3 Å². The summed E-state index contributed by atoms with van der Waals surface area (Å²) in [6.45, 7) is 4.11. The first kappa shape index (κ1) is 13.7. The van der Waals surface area contributed by atoms with Crippen molar-refractivity contribution in [2.24, 2.45) is 0 Å². The van der Waals surface area contributed by atoms with Crippen LogP contribution in [-0.4, -0.2) is 13.2 Å². The van der Waals surface area contributed by atoms with E-state index in [0.29, 0.717) is 6.04 Å². The summed E-state index contributed by atoms with van der Waals surface area (Å²) in [7, 11) is 0. The topological polar surface area (TPSA) is 21.3 Å². The van der Waals surface area contributed by atoms with Crippen LogP contribution in [0, 0.1) is 0 Å². The lowest BCUT2D eigenvalue weighted by Gasteiger charge is -2.18. The number of ether oxygens (including phenoxy) is 1. The Morgan fingerprint density at radius 2 is 2.30 bits per heavy atom. The molecule has 2 aromatic rings. The molecule has 1 aromatic carbocycles. The van der Waals surface area contributed by atoms with Crippen LogP contribution in [0.2, 0.25) is 0 Å². The molecular weight excluding hydrogens is 266 g/mol. The third-order valence-corrected chi connectivity index (χ3v) is 4.80. The van der Waals surface area contributed by atoms with Gasteiger partial charge in [0.1, 0.15) is 5.75 Å². The first-order chi connectivity index (χ1) is 9.86. The SMILES string of the molecule is CCC(NCCc1cccs1)c1ccc2c(c1)CCO2. The maximum Gasteiger partial charge on any atom is 0.122 e. The fourth-order valence-electron chi connectivity index (χ4n) is 2.75. The number of hydrogen-bond acceptors (Lipinski definition) is 3. The normalized spacial score (nSPS) is 14.8. The van der Waals surface area contributed by atoms with Crippen LogP contribution in [0.5, 0.6) is 5.75 Å². The van der Waals surface area contributed by atoms with Crippen LogP contribution in [0.3, 0.4) is 0 Å². The average Bonchev–Trinajstić information content (AvgIpc) is 3.13. The fraction of sp³-hybridized carbons (Fsp3) is 0.412. The summed E-state index contributed by atoms with van der Waals surface area (Å²) in [5, 5.41) is 5.83. The molecule has 3 heteroatoms. The highest BCUT2D eigenvalue weighted by Gasteiger charge is 2.15. The number of benzene rings is 1. The van der Waals surface area contributed by atoms with Gasteiger partial charge >= 0.3 is 0 Å². The molecule has 106 valence electrons. The predicted molar refractivity (Wildman–Crippen MR) is 84.7 cm³/mol. The Balaban J connectivity index is 1.61. The molecule has 0 spiro atoms. The first-order valence-corrected chi connectivity index (χ1v) is 8.26. The Hall–Kier alpha value is -1.32. The molecule has 1 atom stereocenters. The van der Waals surface area contributed by atoms with Crippen LogP contribution in [0.1, 0.15) is 35.4 Å². The second kappa shape index (κ2) is 6.42. The van der Waals surface area contributed by atoms with E-state index in [2.05, 4.69) is 48.0 Å². The molecule has 1 aliphatic heterocycles. The Morgan fingerprint density at radius 1 is 1.35 bits per heavy atom. The second-order valence-electron chi connectivity index (χ2n) is 5.21. The van der Waals surface area contributed by atoms with Crippen molar-refractivity contribution in [3.05, 3.63) is 51.7 Å². The van der Waals surface area contributed by atoms with Gasteiger partial charge in [0.15, 0.2) is 0 Å². The van der Waals surface area contributed by atoms with Crippen molar-refractivity contribution in [2.45, 2.75) is 32.2 Å². The summed E-state index contributed by atoms with van der Waals surface area (Å²) < 4.78 is 5.58. The minimum atomic E-state index is 0.445. The van der Waals surface area contributed by atoms with Crippen LogP contribution in [0.4, 0.5) is 0 Å². The van der Waals surface area contributed by atoms with Crippen molar-refractivity contribution < 1.29 is 4.74 Å². The molecule has 2 heterocycles. The van der Waals surface area contributed by atoms with Crippen molar-refractivity contribution in [1.29, 1.82) is 0 Å². The Bertz CT molecular complexity index is 550. The zero-order chi connectivity index (χ0) is 13.8. The Kier molecular flexibility index (Phi) is 4.38. The molecule has 1 aliphatic rings. The molecule has 2 nitrogen and oxygen atoms in total. The maximum atomic E-state index is 5.58. The Morgan fingerprint density at radius 3 is 3.10 bits per heavy atom. The summed E-state index contributed by atoms with van der Waals surface area (Å²) in [5.41, 5.74) is 2.75. The fourth-order valence-corrected chi connectivity index (χ4v) is 3.45. The third kappa shape index (κ3) is 3.05. The molecule has 1 unspecified atom stereocenters. The summed E-state index contributed by atoms with van der Waals surface area (Å²) in [6, 6.07) is 11.4. The van der Waals surface area contributed by atoms with Crippen molar-refractivity contribution in [2.75, 3.05) is 13.2 Å². The van der Waals surface area contributed by atoms with Gasteiger partial charge in [0.05, 0.1) is 6.61 Å². The second-order valence-corrected chi connectivity index (χ2v) is 6.24. The number of thiophene rings is 1. The zero-order valence-electron chi connectivity index (χ0n) is 11.9. The van der Waals surface area contributed by atoms with Gasteiger partial charge in [-0.3, -0.25) is 0 Å². The van der Waals surface area contributed by atoms with Gasteiger partial charge in [-0.25, -0.2) is 0 Å². The summed E-state index contributed by atoms with van der Waals surface area (Å²) in [5.74, 6) is 1.07. The minimum absolute atomic E-state index is 0.445. The van der Waals surface area contributed by atoms with Gasteiger partial charge in [-0.1, -0.05) is 25.1 Å². The van der Waals surface area contributed by atoms with Crippen molar-refractivity contribution in [1.82, 2.24) is 5.32 Å². The molecule has 1 aromatic heterocycles. The van der Waals surface area contributed by atoms with E-state index in [1.165, 1.54) is 16.0 Å². The molecule has 0 saturated carbocycles. The first-order valence-electron chi connectivity index (χ1n) is 7.38. The molecule has 20 heavy (non-hydrogen) atoms. The lowest BCUT2D eigenvalue weighted by atomic mass is 10.0. The van der Waals surface area contributed by atoms with Crippen LogP contribution in [0.15, 0.2) is 35.7 Å². The van der Waals surface area contributed by atoms with Crippen LogP contribution >= 0.6 is 11.3 Å². The van der Waals surface area contributed by atoms with E-state index in [4.69, 9.17) is 4.74 Å². The predicted octanol–water partition coefficient (Wildman–Crippen LogP) is 3.97. The van der Waals surface area contributed by atoms with Gasteiger partial charge in [0.2, 0.25) is 0 Å². The number of rotatable bonds is 6. The van der Waals surface area contributed by atoms with Crippen molar-refractivity contribution in [3.8, 4) is 5.75 Å². The van der Waals surface area contributed by atoms with E-state index >= 15 is 0 Å². The van der Waals surface area contributed by atoms with Gasteiger partial charge in [-0.05, 0) is 41.5 Å². The van der Waals surface area contributed by atoms with Gasteiger partial charge < -0.3 is 10.1 Å². The smallest absolute Gasteiger partial charge is 0.122 e. The molecule has 0 bridgehead atoms. The molecular formula is C17H21NOS. The number of fused-ring (bicyclic) bond motifs is 1. The summed E-state index contributed by atoms with van der Waals surface area (Å²) in [4.78, 5) is 1.45. The molecule has 1 N–H and O–H groups in total. The molecule has 0 amide bonds. The molecule has 0 fully saturated rings. The molecule has 0 aliphatic carbocycles. The standard InChI is InChI=1S/C17H21NOS/c1-2-16(18-9-7-15-4-3-11-20-15)13-5-6-17-14(12-13)8-10-19-17/h3-6,11-12,16,18H,2,7-10H2,1H3. The van der Waals surface area contributed by atoms with E-state index in [1.807, 2.05) is 11.3 Å². The zero-order valence-corrected chi connectivity index (χ0v) is 12.7. The molecule has 0 radical (unpaired) electrons. The summed E-state index contributed by atoms with van der Waals surface area (Å²) in [6.07, 6.45) is 3.28. The quantitative estimate of drug-likeness (QED) is 0.868. The van der Waals surface area contributed by atoms with E-state index in [-0.39, 0.29) is 0 Å². The number of nitrogens with one attached hydrogen (secondary N) is 1. The maximum absolute atomic E-state index is 5.58. The number of hydrogen-bond donors (Lipinski definition) is 1. The van der Waals surface area contributed by atoms with Gasteiger partial charge in [0, 0.05) is 23.9 Å². The molecule has 0 saturated heterocycles. The summed E-state index contributed by atoms with van der Waals surface area (Å²) >= 11 is 1.84. The highest BCUT2D eigenvalue weighted by Crippen LogP contribution is 2.29. The minimum Gasteiger partial charge on any atom is -0.493 e. The van der Waals surface area contributed by atoms with Crippen molar-refractivity contribution in [3.63, 3.8) is 0 Å². The van der Waals surface area contributed by atoms with E-state index in [0.717, 1.165) is 38.2 Å². The molecule has 3 rings (SSSR count). The van der Waals surface area contributed by atoms with Crippen LogP contribution < -0.4 is 10.1 Å². The van der Waals surface area contributed by atoms with E-state index in [1.54, 1.807) is 0 Å². The van der Waals surface area contributed by atoms with Crippen molar-refractivity contribution >= 4 is 11.3 Å². The lowest BCUT2D eigenvalue weighted by Crippen LogP contribution is -2.23. The highest BCUT2D eigenvalue weighted by atomic mass is 32.1. The van der Waals surface area contributed by atoms with Crippen LogP contribution in [-0.2, 0) is 12.8 Å². The third-order valence-electron chi connectivity index (χ3n) is 3.87. The Labute approximate surface area is 124 Å². The van der Waals surface area contributed by atoms with Gasteiger partial charge in [-0.2, -0.15) is 0 Å².